The second-order valence-electron chi connectivity index (χ2n) is 9.67. The van der Waals surface area contributed by atoms with Gasteiger partial charge in [-0.1, -0.05) is 48.1 Å². The van der Waals surface area contributed by atoms with Gasteiger partial charge in [-0.2, -0.15) is 0 Å². The van der Waals surface area contributed by atoms with Crippen LogP contribution in [0.4, 0.5) is 0 Å². The molecule has 0 N–H and O–H groups in total. The van der Waals surface area contributed by atoms with Gasteiger partial charge >= 0.3 is 5.97 Å². The van der Waals surface area contributed by atoms with E-state index in [1.165, 1.54) is 12.8 Å². The molecule has 0 heterocycles. The van der Waals surface area contributed by atoms with Crippen molar-refractivity contribution in [3.63, 3.8) is 0 Å². The van der Waals surface area contributed by atoms with Crippen molar-refractivity contribution >= 4 is 5.97 Å². The van der Waals surface area contributed by atoms with Gasteiger partial charge in [0, 0.05) is 5.57 Å². The Labute approximate surface area is 150 Å². The zero-order valence-electron chi connectivity index (χ0n) is 17.7. The minimum absolute atomic E-state index is 0.124. The summed E-state index contributed by atoms with van der Waals surface area (Å²) in [5, 5.41) is 0. The van der Waals surface area contributed by atoms with Gasteiger partial charge in [-0.25, -0.2) is 4.79 Å². The molecule has 0 bridgehead atoms. The Morgan fingerprint density at radius 3 is 1.79 bits per heavy atom. The Hall–Kier alpha value is -0.830. The lowest BCUT2D eigenvalue weighted by Gasteiger charge is -2.36. The average molecular weight is 340 g/mol. The first-order valence-electron chi connectivity index (χ1n) is 9.22. The molecule has 0 saturated carbocycles. The smallest absolute Gasteiger partial charge is 0.333 e. The third-order valence-corrected chi connectivity index (χ3v) is 5.00. The zero-order valence-corrected chi connectivity index (χ0v) is 17.7. The maximum atomic E-state index is 11.7. The first-order chi connectivity index (χ1) is 10.7. The van der Waals surface area contributed by atoms with Gasteiger partial charge in [0.15, 0.2) is 0 Å². The first kappa shape index (κ1) is 23.2. The molecule has 0 spiro atoms. The molecule has 0 aromatic rings. The van der Waals surface area contributed by atoms with Crippen LogP contribution in [0, 0.1) is 22.7 Å². The molecule has 0 aromatic heterocycles. The van der Waals surface area contributed by atoms with E-state index in [0.29, 0.717) is 29.4 Å². The molecule has 0 fully saturated rings. The van der Waals surface area contributed by atoms with E-state index in [1.807, 2.05) is 0 Å². The van der Waals surface area contributed by atoms with Crippen LogP contribution in [0.2, 0.25) is 0 Å². The highest BCUT2D eigenvalue weighted by Crippen LogP contribution is 2.37. The summed E-state index contributed by atoms with van der Waals surface area (Å²) in [6.45, 7) is 20.7. The van der Waals surface area contributed by atoms with Crippen LogP contribution in [0.3, 0.4) is 0 Å². The van der Waals surface area contributed by atoms with E-state index in [4.69, 9.17) is 4.74 Å². The lowest BCUT2D eigenvalue weighted by atomic mass is 9.72. The number of carbonyl (C=O) groups excluding carboxylic acids is 1. The molecule has 2 unspecified atom stereocenters. The Balaban J connectivity index is 4.81. The predicted octanol–water partition coefficient (Wildman–Crippen LogP) is 5.16. The normalized spacial score (nSPS) is 15.2. The van der Waals surface area contributed by atoms with Gasteiger partial charge in [0.25, 0.3) is 0 Å². The molecular weight excluding hydrogens is 298 g/mol. The number of esters is 1. The number of carbonyl (C=O) groups is 1. The molecule has 24 heavy (non-hydrogen) atoms. The fourth-order valence-corrected chi connectivity index (χ4v) is 2.89. The van der Waals surface area contributed by atoms with Crippen LogP contribution in [0.1, 0.15) is 67.7 Å². The highest BCUT2D eigenvalue weighted by atomic mass is 16.5. The topological polar surface area (TPSA) is 29.5 Å². The predicted molar refractivity (Wildman–Crippen MR) is 104 cm³/mol. The second-order valence-corrected chi connectivity index (χ2v) is 9.67. The largest absolute Gasteiger partial charge is 0.462 e. The van der Waals surface area contributed by atoms with Crippen molar-refractivity contribution in [2.45, 2.75) is 67.7 Å². The third kappa shape index (κ3) is 9.46. The van der Waals surface area contributed by atoms with Crippen molar-refractivity contribution in [2.24, 2.45) is 22.7 Å². The monoisotopic (exact) mass is 339 g/mol. The molecule has 0 aromatic carbocycles. The number of nitrogens with zero attached hydrogens (tertiary/aromatic N) is 1. The van der Waals surface area contributed by atoms with E-state index in [-0.39, 0.29) is 11.4 Å². The van der Waals surface area contributed by atoms with E-state index in [9.17, 15) is 4.79 Å². The molecule has 0 aliphatic heterocycles. The van der Waals surface area contributed by atoms with Crippen LogP contribution in [-0.2, 0) is 9.53 Å². The summed E-state index contributed by atoms with van der Waals surface area (Å²) in [7, 11) is 4.27. The molecule has 0 aliphatic carbocycles. The minimum Gasteiger partial charge on any atom is -0.462 e. The lowest BCUT2D eigenvalue weighted by Crippen LogP contribution is -2.30. The Kier molecular flexibility index (Phi) is 9.27. The molecule has 2 atom stereocenters. The Morgan fingerprint density at radius 2 is 1.42 bits per heavy atom. The van der Waals surface area contributed by atoms with Gasteiger partial charge in [-0.15, -0.1) is 0 Å². The maximum absolute atomic E-state index is 11.7. The second kappa shape index (κ2) is 9.60. The number of hydrogen-bond acceptors (Lipinski definition) is 3. The van der Waals surface area contributed by atoms with E-state index in [0.717, 1.165) is 13.0 Å². The van der Waals surface area contributed by atoms with Gasteiger partial charge in [-0.3, -0.25) is 0 Å². The molecule has 0 rings (SSSR count). The first-order valence-corrected chi connectivity index (χ1v) is 9.22. The van der Waals surface area contributed by atoms with Gasteiger partial charge in [0.2, 0.25) is 0 Å². The van der Waals surface area contributed by atoms with Crippen LogP contribution in [0.15, 0.2) is 12.2 Å². The van der Waals surface area contributed by atoms with Crippen LogP contribution >= 0.6 is 0 Å². The fraction of sp³-hybridized carbons (Fsp3) is 0.857. The van der Waals surface area contributed by atoms with E-state index < -0.39 is 0 Å². The fourth-order valence-electron chi connectivity index (χ4n) is 2.89. The van der Waals surface area contributed by atoms with Gasteiger partial charge < -0.3 is 9.64 Å². The van der Waals surface area contributed by atoms with Crippen molar-refractivity contribution in [3.8, 4) is 0 Å². The standard InChI is InChI=1S/C21H41NO2/c1-16(2)19(23)24-15-18(21(6,7)8)12-11-17(20(3,4)5)13-14-22(9)10/h17-18H,1,11-15H2,2-10H3. The summed E-state index contributed by atoms with van der Waals surface area (Å²) < 4.78 is 5.46. The van der Waals surface area contributed by atoms with Crippen LogP contribution in [-0.4, -0.2) is 38.1 Å². The SMILES string of the molecule is C=C(C)C(=O)OCC(CCC(CCN(C)C)C(C)(C)C)C(C)(C)C. The van der Waals surface area contributed by atoms with E-state index in [1.54, 1.807) is 6.92 Å². The molecule has 142 valence electrons. The molecule has 3 nitrogen and oxygen atoms in total. The summed E-state index contributed by atoms with van der Waals surface area (Å²) in [4.78, 5) is 14.0. The van der Waals surface area contributed by atoms with E-state index >= 15 is 0 Å². The maximum Gasteiger partial charge on any atom is 0.333 e. The van der Waals surface area contributed by atoms with Gasteiger partial charge in [-0.05, 0) is 69.5 Å². The highest BCUT2D eigenvalue weighted by molar-refractivity contribution is 5.86. The number of hydrogen-bond donors (Lipinski definition) is 0. The summed E-state index contributed by atoms with van der Waals surface area (Å²) in [6, 6.07) is 0. The van der Waals surface area contributed by atoms with E-state index in [2.05, 4.69) is 67.1 Å². The summed E-state index contributed by atoms with van der Waals surface area (Å²) in [6.07, 6.45) is 3.46. The van der Waals surface area contributed by atoms with Crippen molar-refractivity contribution in [3.05, 3.63) is 12.2 Å². The Morgan fingerprint density at radius 1 is 0.958 bits per heavy atom. The minimum atomic E-state index is -0.274. The van der Waals surface area contributed by atoms with Gasteiger partial charge in [0.05, 0.1) is 6.61 Å². The highest BCUT2D eigenvalue weighted by Gasteiger charge is 2.30. The third-order valence-electron chi connectivity index (χ3n) is 5.00. The van der Waals surface area contributed by atoms with Crippen LogP contribution in [0.25, 0.3) is 0 Å². The quantitative estimate of drug-likeness (QED) is 0.429. The number of ether oxygens (including phenoxy) is 1. The van der Waals surface area contributed by atoms with Crippen molar-refractivity contribution in [1.29, 1.82) is 0 Å². The lowest BCUT2D eigenvalue weighted by molar-refractivity contribution is -0.141. The van der Waals surface area contributed by atoms with Crippen molar-refractivity contribution in [2.75, 3.05) is 27.2 Å². The summed E-state index contributed by atoms with van der Waals surface area (Å²) in [5.41, 5.74) is 0.896. The molecule has 0 aliphatic rings. The molecule has 3 heteroatoms. The summed E-state index contributed by atoms with van der Waals surface area (Å²) >= 11 is 0. The van der Waals surface area contributed by atoms with Crippen LogP contribution < -0.4 is 0 Å². The summed E-state index contributed by atoms with van der Waals surface area (Å²) in [5.74, 6) is 0.760. The molecule has 0 amide bonds. The molecule has 0 radical (unpaired) electrons. The van der Waals surface area contributed by atoms with Crippen LogP contribution in [0.5, 0.6) is 0 Å². The molecule has 0 saturated heterocycles. The van der Waals surface area contributed by atoms with Gasteiger partial charge in [0.1, 0.15) is 0 Å². The Bertz CT molecular complexity index is 399. The zero-order chi connectivity index (χ0) is 19.1. The van der Waals surface area contributed by atoms with Crippen molar-refractivity contribution in [1.82, 2.24) is 4.90 Å². The molecular formula is C21H41NO2. The average Bonchev–Trinajstić information content (AvgIpc) is 2.37. The number of rotatable bonds is 9. The van der Waals surface area contributed by atoms with Crippen molar-refractivity contribution < 1.29 is 9.53 Å².